The standard InChI is InChI=1S/C9H23NSi.C8H21NSi.C6H17NSi.C5H15NSi/c1-4-5-7-10-8-6-9-11(2)3;1-10(2)8-6-4-3-5-7-9;1-7-5-4-6-8(2)3;1-7(2)5-3-4-6/h10-11H,4-9H2,1-3H3;10H,3-9H2,1-2H3;7-8H,4-6H2,1-3H3;7H,3-6H2,1-2H3. The van der Waals surface area contributed by atoms with Crippen LogP contribution in [0.25, 0.3) is 0 Å². The van der Waals surface area contributed by atoms with Gasteiger partial charge in [-0.05, 0) is 71.9 Å². The van der Waals surface area contributed by atoms with Crippen molar-refractivity contribution in [3.05, 3.63) is 0 Å². The van der Waals surface area contributed by atoms with E-state index < -0.39 is 0 Å². The zero-order valence-electron chi connectivity index (χ0n) is 27.2. The molecule has 0 aliphatic rings. The van der Waals surface area contributed by atoms with Gasteiger partial charge in [-0.1, -0.05) is 109 Å². The van der Waals surface area contributed by atoms with Gasteiger partial charge in [0.15, 0.2) is 0 Å². The first-order valence-electron chi connectivity index (χ1n) is 15.8. The number of unbranched alkanes of at least 4 members (excludes halogenated alkanes) is 4. The lowest BCUT2D eigenvalue weighted by Gasteiger charge is -2.04. The fraction of sp³-hybridized carbons (Fsp3) is 1.00. The Morgan fingerprint density at radius 1 is 0.472 bits per heavy atom. The van der Waals surface area contributed by atoms with Gasteiger partial charge in [-0.2, -0.15) is 0 Å². The summed E-state index contributed by atoms with van der Waals surface area (Å²) in [5, 5.41) is 6.61. The van der Waals surface area contributed by atoms with E-state index in [1.807, 2.05) is 7.05 Å². The third-order valence-electron chi connectivity index (χ3n) is 5.77. The van der Waals surface area contributed by atoms with Gasteiger partial charge < -0.3 is 22.1 Å². The first-order valence-corrected chi connectivity index (χ1v) is 28.3. The summed E-state index contributed by atoms with van der Waals surface area (Å²) in [5.41, 5.74) is 10.7. The van der Waals surface area contributed by atoms with Crippen LogP contribution in [-0.2, 0) is 0 Å². The maximum absolute atomic E-state index is 5.38. The van der Waals surface area contributed by atoms with Gasteiger partial charge in [0.05, 0.1) is 0 Å². The Bertz CT molecular complexity index is 348. The lowest BCUT2D eigenvalue weighted by atomic mass is 10.2. The molecule has 0 heterocycles. The number of hydrogen-bond donors (Lipinski definition) is 4. The Hall–Kier alpha value is 0.708. The van der Waals surface area contributed by atoms with Crippen molar-refractivity contribution < 1.29 is 0 Å². The molecule has 0 atom stereocenters. The number of hydrogen-bond acceptors (Lipinski definition) is 4. The Labute approximate surface area is 237 Å². The summed E-state index contributed by atoms with van der Waals surface area (Å²) in [6.07, 6.45) is 12.1. The summed E-state index contributed by atoms with van der Waals surface area (Å²) in [7, 11) is 0.983. The highest BCUT2D eigenvalue weighted by molar-refractivity contribution is 6.56. The molecule has 0 aromatic carbocycles. The van der Waals surface area contributed by atoms with E-state index in [1.54, 1.807) is 0 Å². The Morgan fingerprint density at radius 3 is 1.25 bits per heavy atom. The lowest BCUT2D eigenvalue weighted by molar-refractivity contribution is 0.632. The summed E-state index contributed by atoms with van der Waals surface area (Å²) < 4.78 is 0. The largest absolute Gasteiger partial charge is 0.330 e. The highest BCUT2D eigenvalue weighted by atomic mass is 28.3. The minimum atomic E-state index is -0.269. The molecule has 36 heavy (non-hydrogen) atoms. The molecule has 0 aromatic heterocycles. The van der Waals surface area contributed by atoms with Crippen LogP contribution in [-0.4, -0.2) is 75.0 Å². The number of rotatable bonds is 20. The Morgan fingerprint density at radius 2 is 0.861 bits per heavy atom. The van der Waals surface area contributed by atoms with Crippen LogP contribution in [0.1, 0.15) is 64.7 Å². The first-order chi connectivity index (χ1) is 17.1. The molecule has 0 bridgehead atoms. The van der Waals surface area contributed by atoms with Crippen LogP contribution < -0.4 is 22.1 Å². The second-order valence-corrected chi connectivity index (χ2v) is 25.4. The third kappa shape index (κ3) is 64.6. The van der Waals surface area contributed by atoms with Crippen molar-refractivity contribution in [2.45, 2.75) is 141 Å². The molecule has 0 spiro atoms. The molecular formula is C28H76N4Si4. The normalized spacial score (nSPS) is 10.7. The number of nitrogens with one attached hydrogen (secondary N) is 2. The summed E-state index contributed by atoms with van der Waals surface area (Å²) in [6, 6.07) is 5.92. The van der Waals surface area contributed by atoms with Crippen molar-refractivity contribution >= 4 is 35.2 Å². The zero-order chi connectivity index (χ0) is 28.5. The van der Waals surface area contributed by atoms with Crippen LogP contribution in [0.4, 0.5) is 0 Å². The minimum Gasteiger partial charge on any atom is -0.330 e. The molecule has 8 heteroatoms. The van der Waals surface area contributed by atoms with Crippen LogP contribution in [0.5, 0.6) is 0 Å². The van der Waals surface area contributed by atoms with Crippen molar-refractivity contribution in [3.63, 3.8) is 0 Å². The van der Waals surface area contributed by atoms with E-state index in [4.69, 9.17) is 11.5 Å². The molecular weight excluding hydrogens is 505 g/mol. The maximum atomic E-state index is 5.38. The predicted molar refractivity (Wildman–Crippen MR) is 187 cm³/mol. The van der Waals surface area contributed by atoms with E-state index in [0.717, 1.165) is 13.1 Å². The van der Waals surface area contributed by atoms with Crippen LogP contribution in [0.3, 0.4) is 0 Å². The van der Waals surface area contributed by atoms with E-state index in [-0.39, 0.29) is 35.2 Å². The monoisotopic (exact) mass is 581 g/mol. The highest BCUT2D eigenvalue weighted by Crippen LogP contribution is 2.05. The van der Waals surface area contributed by atoms with E-state index in [2.05, 4.69) is 69.9 Å². The molecule has 0 rings (SSSR count). The van der Waals surface area contributed by atoms with Gasteiger partial charge in [0.2, 0.25) is 0 Å². The van der Waals surface area contributed by atoms with Gasteiger partial charge in [0.1, 0.15) is 0 Å². The van der Waals surface area contributed by atoms with Gasteiger partial charge in [-0.3, -0.25) is 0 Å². The van der Waals surface area contributed by atoms with E-state index in [1.165, 1.54) is 102 Å². The second kappa shape index (κ2) is 40.2. The van der Waals surface area contributed by atoms with Crippen molar-refractivity contribution in [1.29, 1.82) is 0 Å². The van der Waals surface area contributed by atoms with Crippen LogP contribution in [0.2, 0.25) is 76.6 Å². The van der Waals surface area contributed by atoms with Crippen molar-refractivity contribution in [2.75, 3.05) is 39.8 Å². The van der Waals surface area contributed by atoms with Crippen LogP contribution >= 0.6 is 0 Å². The molecule has 0 aromatic rings. The third-order valence-corrected chi connectivity index (χ3v) is 12.0. The highest BCUT2D eigenvalue weighted by Gasteiger charge is 1.95. The molecule has 0 aliphatic heterocycles. The molecule has 0 aliphatic carbocycles. The van der Waals surface area contributed by atoms with Gasteiger partial charge in [-0.25, -0.2) is 0 Å². The summed E-state index contributed by atoms with van der Waals surface area (Å²) in [4.78, 5) is 0. The molecule has 6 N–H and O–H groups in total. The van der Waals surface area contributed by atoms with Crippen molar-refractivity contribution in [3.8, 4) is 0 Å². The molecule has 0 unspecified atom stereocenters. The zero-order valence-corrected chi connectivity index (χ0v) is 31.8. The van der Waals surface area contributed by atoms with E-state index >= 15 is 0 Å². The molecule has 0 saturated heterocycles. The van der Waals surface area contributed by atoms with Gasteiger partial charge >= 0.3 is 0 Å². The average molecular weight is 581 g/mol. The minimum absolute atomic E-state index is 0.242. The first kappa shape index (κ1) is 43.8. The topological polar surface area (TPSA) is 76.1 Å². The van der Waals surface area contributed by atoms with E-state index in [0.29, 0.717) is 0 Å². The number of nitrogens with two attached hydrogens (primary N) is 2. The smallest absolute Gasteiger partial charge is 0.0306 e. The lowest BCUT2D eigenvalue weighted by Crippen LogP contribution is -2.17. The fourth-order valence-corrected chi connectivity index (χ4v) is 7.52. The SMILES string of the molecule is CCCCNCCC[SiH](C)C.CNCCC[SiH](C)C.C[SiH](C)CCCCCCN.C[SiH](C)CCCN. The Balaban J connectivity index is -0.000000192. The summed E-state index contributed by atoms with van der Waals surface area (Å²) in [6.45, 7) is 26.8. The van der Waals surface area contributed by atoms with Crippen molar-refractivity contribution in [1.82, 2.24) is 10.6 Å². The van der Waals surface area contributed by atoms with Gasteiger partial charge in [0.25, 0.3) is 0 Å². The van der Waals surface area contributed by atoms with Gasteiger partial charge in [-0.15, -0.1) is 0 Å². The average Bonchev–Trinajstić information content (AvgIpc) is 2.81. The summed E-state index contributed by atoms with van der Waals surface area (Å²) >= 11 is 0. The van der Waals surface area contributed by atoms with Crippen LogP contribution in [0.15, 0.2) is 0 Å². The molecule has 0 fully saturated rings. The fourth-order valence-electron chi connectivity index (χ4n) is 3.33. The van der Waals surface area contributed by atoms with Gasteiger partial charge in [0, 0.05) is 35.2 Å². The molecule has 4 nitrogen and oxygen atoms in total. The molecule has 0 radical (unpaired) electrons. The Kier molecular flexibility index (Phi) is 48.9. The predicted octanol–water partition coefficient (Wildman–Crippen LogP) is 6.15. The second-order valence-electron chi connectivity index (χ2n) is 12.0. The molecule has 0 amide bonds. The maximum Gasteiger partial charge on any atom is 0.0306 e. The van der Waals surface area contributed by atoms with Crippen LogP contribution in [0, 0.1) is 0 Å². The summed E-state index contributed by atoms with van der Waals surface area (Å²) in [5.74, 6) is 0. The quantitative estimate of drug-likeness (QED) is 0.103. The molecule has 224 valence electrons. The van der Waals surface area contributed by atoms with Crippen molar-refractivity contribution in [2.24, 2.45) is 11.5 Å². The molecule has 0 saturated carbocycles. The van der Waals surface area contributed by atoms with E-state index in [9.17, 15) is 0 Å².